The number of para-hydroxylation sites is 1. The molecule has 1 heterocycles. The average Bonchev–Trinajstić information content (AvgIpc) is 3.10. The number of hydrogen-bond acceptors (Lipinski definition) is 3. The van der Waals surface area contributed by atoms with Gasteiger partial charge in [-0.2, -0.15) is 0 Å². The molecule has 25 heavy (non-hydrogen) atoms. The zero-order valence-corrected chi connectivity index (χ0v) is 17.0. The van der Waals surface area contributed by atoms with Crippen LogP contribution in [0.2, 0.25) is 0 Å². The standard InChI is InChI=1S/C18H25FN4O.HI/c1-20-18(22-12-10-15-7-5-14-24-15)21-11-6-13-23(2)17-9-4-3-8-16(17)19;/h3-5,7-9,14H,6,10-13H2,1-2H3,(H2,20,21,22);1H. The van der Waals surface area contributed by atoms with E-state index < -0.39 is 0 Å². The summed E-state index contributed by atoms with van der Waals surface area (Å²) in [6, 6.07) is 10.7. The topological polar surface area (TPSA) is 52.8 Å². The second-order valence-electron chi connectivity index (χ2n) is 5.48. The zero-order valence-electron chi connectivity index (χ0n) is 14.7. The Bertz CT molecular complexity index is 634. The van der Waals surface area contributed by atoms with E-state index in [2.05, 4.69) is 15.6 Å². The Morgan fingerprint density at radius 1 is 1.16 bits per heavy atom. The molecular formula is C18H26FIN4O. The van der Waals surface area contributed by atoms with Crippen molar-refractivity contribution in [2.24, 2.45) is 4.99 Å². The molecule has 0 saturated heterocycles. The van der Waals surface area contributed by atoms with E-state index in [1.54, 1.807) is 25.4 Å². The molecule has 138 valence electrons. The summed E-state index contributed by atoms with van der Waals surface area (Å²) in [6.07, 6.45) is 3.36. The third-order valence-electron chi connectivity index (χ3n) is 3.69. The first-order valence-corrected chi connectivity index (χ1v) is 8.13. The van der Waals surface area contributed by atoms with Gasteiger partial charge in [0.15, 0.2) is 5.96 Å². The molecule has 0 fully saturated rings. The van der Waals surface area contributed by atoms with Gasteiger partial charge in [-0.25, -0.2) is 4.39 Å². The second-order valence-corrected chi connectivity index (χ2v) is 5.48. The van der Waals surface area contributed by atoms with Crippen molar-refractivity contribution in [1.82, 2.24) is 10.6 Å². The predicted octanol–water partition coefficient (Wildman–Crippen LogP) is 3.27. The molecule has 0 aliphatic carbocycles. The molecule has 2 aromatic rings. The Kier molecular flexibility index (Phi) is 9.98. The number of rotatable bonds is 8. The Hall–Kier alpha value is -1.77. The largest absolute Gasteiger partial charge is 0.469 e. The molecule has 0 saturated carbocycles. The molecule has 5 nitrogen and oxygen atoms in total. The number of nitrogens with one attached hydrogen (secondary N) is 2. The number of anilines is 1. The molecule has 0 radical (unpaired) electrons. The highest BCUT2D eigenvalue weighted by molar-refractivity contribution is 14.0. The SMILES string of the molecule is CN=C(NCCCN(C)c1ccccc1F)NCCc1ccco1.I. The van der Waals surface area contributed by atoms with Crippen molar-refractivity contribution in [1.29, 1.82) is 0 Å². The summed E-state index contributed by atoms with van der Waals surface area (Å²) < 4.78 is 19.0. The maximum atomic E-state index is 13.7. The molecule has 0 aliphatic rings. The first-order valence-electron chi connectivity index (χ1n) is 8.13. The minimum absolute atomic E-state index is 0. The van der Waals surface area contributed by atoms with Crippen LogP contribution in [0.5, 0.6) is 0 Å². The van der Waals surface area contributed by atoms with Gasteiger partial charge in [-0.15, -0.1) is 24.0 Å². The van der Waals surface area contributed by atoms with E-state index in [-0.39, 0.29) is 29.8 Å². The van der Waals surface area contributed by atoms with Crippen LogP contribution >= 0.6 is 24.0 Å². The van der Waals surface area contributed by atoms with Crippen molar-refractivity contribution in [2.45, 2.75) is 12.8 Å². The predicted molar refractivity (Wildman–Crippen MR) is 111 cm³/mol. The number of guanidine groups is 1. The van der Waals surface area contributed by atoms with Crippen molar-refractivity contribution < 1.29 is 8.81 Å². The van der Waals surface area contributed by atoms with E-state index in [4.69, 9.17) is 4.42 Å². The van der Waals surface area contributed by atoms with Crippen LogP contribution < -0.4 is 15.5 Å². The normalized spacial score (nSPS) is 10.9. The van der Waals surface area contributed by atoms with Crippen LogP contribution in [0.3, 0.4) is 0 Å². The summed E-state index contributed by atoms with van der Waals surface area (Å²) >= 11 is 0. The van der Waals surface area contributed by atoms with Crippen LogP contribution in [-0.2, 0) is 6.42 Å². The molecule has 7 heteroatoms. The monoisotopic (exact) mass is 460 g/mol. The maximum absolute atomic E-state index is 13.7. The Labute approximate surface area is 165 Å². The zero-order chi connectivity index (χ0) is 17.2. The van der Waals surface area contributed by atoms with E-state index in [1.807, 2.05) is 30.1 Å². The molecule has 0 bridgehead atoms. The lowest BCUT2D eigenvalue weighted by atomic mass is 10.2. The lowest BCUT2D eigenvalue weighted by molar-refractivity contribution is 0.506. The lowest BCUT2D eigenvalue weighted by Crippen LogP contribution is -2.39. The van der Waals surface area contributed by atoms with Gasteiger partial charge in [0.2, 0.25) is 0 Å². The fraction of sp³-hybridized carbons (Fsp3) is 0.389. The highest BCUT2D eigenvalue weighted by atomic mass is 127. The Morgan fingerprint density at radius 2 is 1.92 bits per heavy atom. The van der Waals surface area contributed by atoms with Crippen LogP contribution in [0, 0.1) is 5.82 Å². The number of benzene rings is 1. The van der Waals surface area contributed by atoms with Gasteiger partial charge in [-0.3, -0.25) is 4.99 Å². The first kappa shape index (κ1) is 21.3. The van der Waals surface area contributed by atoms with E-state index >= 15 is 0 Å². The molecular weight excluding hydrogens is 434 g/mol. The van der Waals surface area contributed by atoms with Crippen LogP contribution in [0.25, 0.3) is 0 Å². The third kappa shape index (κ3) is 7.33. The quantitative estimate of drug-likeness (QED) is 0.275. The van der Waals surface area contributed by atoms with Gasteiger partial charge < -0.3 is 20.0 Å². The van der Waals surface area contributed by atoms with Gasteiger partial charge in [0, 0.05) is 40.2 Å². The highest BCUT2D eigenvalue weighted by Crippen LogP contribution is 2.16. The van der Waals surface area contributed by atoms with Gasteiger partial charge in [0.25, 0.3) is 0 Å². The van der Waals surface area contributed by atoms with Crippen molar-refractivity contribution in [3.05, 3.63) is 54.2 Å². The smallest absolute Gasteiger partial charge is 0.190 e. The molecule has 0 atom stereocenters. The van der Waals surface area contributed by atoms with Crippen molar-refractivity contribution in [2.75, 3.05) is 38.6 Å². The van der Waals surface area contributed by atoms with Crippen molar-refractivity contribution >= 4 is 35.6 Å². The summed E-state index contributed by atoms with van der Waals surface area (Å²) in [6.45, 7) is 2.28. The van der Waals surface area contributed by atoms with Crippen LogP contribution in [0.4, 0.5) is 10.1 Å². The summed E-state index contributed by atoms with van der Waals surface area (Å²) in [5.74, 6) is 1.52. The molecule has 2 N–H and O–H groups in total. The van der Waals surface area contributed by atoms with E-state index in [0.717, 1.165) is 44.2 Å². The summed E-state index contributed by atoms with van der Waals surface area (Å²) in [7, 11) is 3.64. The Morgan fingerprint density at radius 3 is 2.60 bits per heavy atom. The summed E-state index contributed by atoms with van der Waals surface area (Å²) in [5.41, 5.74) is 0.624. The molecule has 1 aromatic carbocycles. The fourth-order valence-electron chi connectivity index (χ4n) is 2.38. The first-order chi connectivity index (χ1) is 11.7. The van der Waals surface area contributed by atoms with E-state index in [1.165, 1.54) is 6.07 Å². The average molecular weight is 460 g/mol. The Balaban J connectivity index is 0.00000312. The van der Waals surface area contributed by atoms with E-state index in [0.29, 0.717) is 5.69 Å². The molecule has 0 aliphatic heterocycles. The lowest BCUT2D eigenvalue weighted by Gasteiger charge is -2.20. The summed E-state index contributed by atoms with van der Waals surface area (Å²) in [5, 5.41) is 6.50. The van der Waals surface area contributed by atoms with Gasteiger partial charge >= 0.3 is 0 Å². The van der Waals surface area contributed by atoms with Gasteiger partial charge in [-0.05, 0) is 30.7 Å². The molecule has 0 unspecified atom stereocenters. The number of furan rings is 1. The molecule has 0 amide bonds. The van der Waals surface area contributed by atoms with Gasteiger partial charge in [0.1, 0.15) is 11.6 Å². The van der Waals surface area contributed by atoms with Gasteiger partial charge in [0.05, 0.1) is 12.0 Å². The van der Waals surface area contributed by atoms with Crippen molar-refractivity contribution in [3.8, 4) is 0 Å². The van der Waals surface area contributed by atoms with Crippen LogP contribution in [0.1, 0.15) is 12.2 Å². The van der Waals surface area contributed by atoms with Gasteiger partial charge in [-0.1, -0.05) is 12.1 Å². The minimum Gasteiger partial charge on any atom is -0.469 e. The molecule has 2 rings (SSSR count). The number of hydrogen-bond donors (Lipinski definition) is 2. The van der Waals surface area contributed by atoms with Crippen molar-refractivity contribution in [3.63, 3.8) is 0 Å². The molecule has 0 spiro atoms. The minimum atomic E-state index is -0.191. The van der Waals surface area contributed by atoms with E-state index in [9.17, 15) is 4.39 Å². The summed E-state index contributed by atoms with van der Waals surface area (Å²) in [4.78, 5) is 6.11. The van der Waals surface area contributed by atoms with Crippen LogP contribution in [0.15, 0.2) is 52.1 Å². The number of halogens is 2. The second kappa shape index (κ2) is 11.7. The third-order valence-corrected chi connectivity index (χ3v) is 3.69. The maximum Gasteiger partial charge on any atom is 0.190 e. The number of nitrogens with zero attached hydrogens (tertiary/aromatic N) is 2. The number of aliphatic imine (C=N–C) groups is 1. The highest BCUT2D eigenvalue weighted by Gasteiger charge is 2.06. The van der Waals surface area contributed by atoms with Crippen LogP contribution in [-0.4, -0.2) is 39.7 Å². The fourth-order valence-corrected chi connectivity index (χ4v) is 2.38. The molecule has 1 aromatic heterocycles.